The zero-order valence-electron chi connectivity index (χ0n) is 8.08. The summed E-state index contributed by atoms with van der Waals surface area (Å²) in [6, 6.07) is 4.81. The van der Waals surface area contributed by atoms with E-state index >= 15 is 0 Å². The molecule has 0 aliphatic carbocycles. The monoisotopic (exact) mass is 282 g/mol. The quantitative estimate of drug-likeness (QED) is 0.491. The zero-order chi connectivity index (χ0) is 12.7. The van der Waals surface area contributed by atoms with Crippen molar-refractivity contribution in [3.05, 3.63) is 35.4 Å². The molecule has 9 heteroatoms. The molecule has 7 nitrogen and oxygen atoms in total. The molecule has 1 aromatic rings. The number of hydrogen-bond acceptors (Lipinski definition) is 7. The summed E-state index contributed by atoms with van der Waals surface area (Å²) in [7, 11) is -2.92. The maximum Gasteiger partial charge on any atom is 0.0715 e. The van der Waals surface area contributed by atoms with E-state index in [1.54, 1.807) is 0 Å². The molecule has 1 rings (SSSR count). The second-order valence-corrected chi connectivity index (χ2v) is 2.44. The van der Waals surface area contributed by atoms with Crippen molar-refractivity contribution >= 4 is 19.3 Å². The van der Waals surface area contributed by atoms with Crippen LogP contribution in [0.3, 0.4) is 0 Å². The molecule has 17 heavy (non-hydrogen) atoms. The SMILES string of the molecule is O=C([O-])c1cccc(C(=O)[O-])c1.[Co].[O-]B([O-])[O-]. The number of aromatic carboxylic acids is 2. The van der Waals surface area contributed by atoms with Crippen molar-refractivity contribution < 1.29 is 51.7 Å². The molecular weight excluding hydrogens is 278 g/mol. The van der Waals surface area contributed by atoms with Gasteiger partial charge in [-0.05, 0) is 17.2 Å². The maximum absolute atomic E-state index is 10.3. The predicted octanol–water partition coefficient (Wildman–Crippen LogP) is -5.54. The Bertz CT molecular complexity index is 350. The van der Waals surface area contributed by atoms with Crippen molar-refractivity contribution in [2.75, 3.05) is 0 Å². The summed E-state index contributed by atoms with van der Waals surface area (Å²) in [6.07, 6.45) is 0. The fourth-order valence-corrected chi connectivity index (χ4v) is 0.773. The van der Waals surface area contributed by atoms with Gasteiger partial charge in [0.2, 0.25) is 0 Å². The van der Waals surface area contributed by atoms with E-state index in [0.29, 0.717) is 0 Å². The van der Waals surface area contributed by atoms with Gasteiger partial charge >= 0.3 is 0 Å². The van der Waals surface area contributed by atoms with Crippen LogP contribution in [0.5, 0.6) is 0 Å². The van der Waals surface area contributed by atoms with Gasteiger partial charge in [0.25, 0.3) is 0 Å². The molecule has 1 radical (unpaired) electrons. The van der Waals surface area contributed by atoms with Gasteiger partial charge < -0.3 is 34.9 Å². The molecule has 0 atom stereocenters. The molecule has 0 aliphatic heterocycles. The fourth-order valence-electron chi connectivity index (χ4n) is 0.773. The topological polar surface area (TPSA) is 149 Å². The van der Waals surface area contributed by atoms with E-state index in [9.17, 15) is 19.8 Å². The van der Waals surface area contributed by atoms with Gasteiger partial charge in [-0.3, -0.25) is 7.32 Å². The van der Waals surface area contributed by atoms with Crippen molar-refractivity contribution in [3.8, 4) is 0 Å². The van der Waals surface area contributed by atoms with Crippen molar-refractivity contribution in [3.63, 3.8) is 0 Å². The van der Waals surface area contributed by atoms with E-state index in [-0.39, 0.29) is 27.9 Å². The van der Waals surface area contributed by atoms with Crippen LogP contribution in [-0.2, 0) is 16.8 Å². The first-order valence-corrected chi connectivity index (χ1v) is 3.84. The van der Waals surface area contributed by atoms with Crippen LogP contribution in [0.15, 0.2) is 24.3 Å². The maximum atomic E-state index is 10.3. The van der Waals surface area contributed by atoms with Crippen LogP contribution >= 0.6 is 0 Å². The summed E-state index contributed by atoms with van der Waals surface area (Å²) < 4.78 is 0. The summed E-state index contributed by atoms with van der Waals surface area (Å²) in [5, 5.41) is 45.8. The molecule has 0 spiro atoms. The van der Waals surface area contributed by atoms with Crippen molar-refractivity contribution in [2.24, 2.45) is 0 Å². The van der Waals surface area contributed by atoms with Crippen LogP contribution in [0, 0.1) is 0 Å². The Kier molecular flexibility index (Phi) is 9.24. The van der Waals surface area contributed by atoms with Crippen molar-refractivity contribution in [1.29, 1.82) is 0 Å². The number of rotatable bonds is 2. The minimum atomic E-state index is -2.92. The van der Waals surface area contributed by atoms with Crippen LogP contribution in [0.25, 0.3) is 0 Å². The Morgan fingerprint density at radius 3 is 1.47 bits per heavy atom. The van der Waals surface area contributed by atoms with Gasteiger partial charge in [0, 0.05) is 16.8 Å². The zero-order valence-corrected chi connectivity index (χ0v) is 9.12. The van der Waals surface area contributed by atoms with Gasteiger partial charge in [-0.1, -0.05) is 18.2 Å². The molecule has 0 unspecified atom stereocenters. The van der Waals surface area contributed by atoms with Gasteiger partial charge in [-0.25, -0.2) is 0 Å². The Labute approximate surface area is 107 Å². The van der Waals surface area contributed by atoms with Crippen LogP contribution in [0.2, 0.25) is 0 Å². The third kappa shape index (κ3) is 8.42. The molecular formula is C8H4BCoO7-5. The third-order valence-electron chi connectivity index (χ3n) is 1.33. The van der Waals surface area contributed by atoms with Crippen LogP contribution in [0.1, 0.15) is 20.7 Å². The van der Waals surface area contributed by atoms with Crippen LogP contribution in [-0.4, -0.2) is 19.3 Å². The van der Waals surface area contributed by atoms with E-state index < -0.39 is 19.3 Å². The number of carboxylic acid groups (broad SMARTS) is 2. The first-order chi connectivity index (χ1) is 7.34. The number of benzene rings is 1. The molecule has 0 N–H and O–H groups in total. The summed E-state index contributed by atoms with van der Waals surface area (Å²) in [5.74, 6) is -2.81. The number of hydrogen-bond donors (Lipinski definition) is 0. The molecule has 0 heterocycles. The fraction of sp³-hybridized carbons (Fsp3) is 0. The van der Waals surface area contributed by atoms with E-state index in [1.807, 2.05) is 0 Å². The average molecular weight is 282 g/mol. The normalized spacial score (nSPS) is 8.18. The summed E-state index contributed by atoms with van der Waals surface area (Å²) in [6.45, 7) is 0. The molecule has 95 valence electrons. The van der Waals surface area contributed by atoms with Gasteiger partial charge in [0.1, 0.15) is 0 Å². The molecule has 0 aliphatic rings. The Morgan fingerprint density at radius 1 is 0.941 bits per heavy atom. The van der Waals surface area contributed by atoms with Crippen molar-refractivity contribution in [1.82, 2.24) is 0 Å². The first kappa shape index (κ1) is 18.0. The van der Waals surface area contributed by atoms with Crippen LogP contribution < -0.4 is 25.3 Å². The minimum absolute atomic E-state index is 0. The molecule has 0 saturated carbocycles. The second-order valence-electron chi connectivity index (χ2n) is 2.44. The minimum Gasteiger partial charge on any atom is -0.907 e. The molecule has 0 aromatic heterocycles. The Morgan fingerprint density at radius 2 is 1.24 bits per heavy atom. The summed E-state index contributed by atoms with van der Waals surface area (Å²) in [5.41, 5.74) is -0.339. The van der Waals surface area contributed by atoms with E-state index in [4.69, 9.17) is 15.1 Å². The van der Waals surface area contributed by atoms with E-state index in [2.05, 4.69) is 0 Å². The van der Waals surface area contributed by atoms with E-state index in [0.717, 1.165) is 6.07 Å². The molecule has 0 saturated heterocycles. The number of carbonyl (C=O) groups excluding carboxylic acids is 2. The van der Waals surface area contributed by atoms with Gasteiger partial charge in [-0.2, -0.15) is 0 Å². The van der Waals surface area contributed by atoms with Gasteiger partial charge in [0.15, 0.2) is 0 Å². The molecule has 0 amide bonds. The average Bonchev–Trinajstić information content (AvgIpc) is 2.17. The predicted molar refractivity (Wildman–Crippen MR) is 40.9 cm³/mol. The number of carbonyl (C=O) groups is 2. The molecule has 0 fully saturated rings. The first-order valence-electron chi connectivity index (χ1n) is 3.84. The third-order valence-corrected chi connectivity index (χ3v) is 1.33. The van der Waals surface area contributed by atoms with Gasteiger partial charge in [-0.15, -0.1) is 0 Å². The van der Waals surface area contributed by atoms with Gasteiger partial charge in [0.05, 0.1) is 11.9 Å². The van der Waals surface area contributed by atoms with E-state index in [1.165, 1.54) is 18.2 Å². The van der Waals surface area contributed by atoms with Crippen LogP contribution in [0.4, 0.5) is 0 Å². The Hall–Kier alpha value is -1.39. The number of carboxylic acids is 2. The Balaban J connectivity index is 0. The molecule has 1 aromatic carbocycles. The summed E-state index contributed by atoms with van der Waals surface area (Å²) in [4.78, 5) is 20.5. The summed E-state index contributed by atoms with van der Waals surface area (Å²) >= 11 is 0. The molecule has 0 bridgehead atoms. The van der Waals surface area contributed by atoms with Crippen molar-refractivity contribution in [2.45, 2.75) is 0 Å². The largest absolute Gasteiger partial charge is 0.907 e. The second kappa shape index (κ2) is 8.73. The smallest absolute Gasteiger partial charge is 0.0715 e. The standard InChI is InChI=1S/C8H6O4.BO3.Co/c9-7(10)5-2-1-3-6(4-5)8(11)12;2-1(3)4;/h1-4H,(H,9,10)(H,11,12);;/q;-3;/p-2.